The highest BCUT2D eigenvalue weighted by Crippen LogP contribution is 2.40. The van der Waals surface area contributed by atoms with Crippen LogP contribution >= 0.6 is 11.6 Å². The van der Waals surface area contributed by atoms with E-state index in [0.717, 1.165) is 16.8 Å². The van der Waals surface area contributed by atoms with E-state index in [2.05, 4.69) is 9.97 Å². The number of amides is 1. The van der Waals surface area contributed by atoms with E-state index in [-0.39, 0.29) is 12.7 Å². The Labute approximate surface area is 167 Å². The van der Waals surface area contributed by atoms with E-state index in [0.29, 0.717) is 28.9 Å². The summed E-state index contributed by atoms with van der Waals surface area (Å²) in [6.07, 6.45) is 4.96. The highest BCUT2D eigenvalue weighted by molar-refractivity contribution is 6.32. The average Bonchev–Trinajstić information content (AvgIpc) is 3.36. The van der Waals surface area contributed by atoms with E-state index in [9.17, 15) is 4.79 Å². The first-order chi connectivity index (χ1) is 13.6. The first-order valence-corrected chi connectivity index (χ1v) is 9.09. The first kappa shape index (κ1) is 18.1. The number of fused-ring (bicyclic) bond motifs is 1. The number of hydrogen-bond donors (Lipinski definition) is 1. The zero-order valence-electron chi connectivity index (χ0n) is 15.2. The Morgan fingerprint density at radius 2 is 2.11 bits per heavy atom. The second-order valence-corrected chi connectivity index (χ2v) is 6.78. The summed E-state index contributed by atoms with van der Waals surface area (Å²) in [6, 6.07) is 13.4. The zero-order valence-corrected chi connectivity index (χ0v) is 15.9. The molecule has 142 valence electrons. The van der Waals surface area contributed by atoms with Crippen LogP contribution in [0.25, 0.3) is 17.3 Å². The number of aromatic amines is 1. The second-order valence-electron chi connectivity index (χ2n) is 6.37. The van der Waals surface area contributed by atoms with E-state index in [1.54, 1.807) is 36.4 Å². The fraction of sp³-hybridized carbons (Fsp3) is 0.143. The van der Waals surface area contributed by atoms with Crippen molar-refractivity contribution in [2.75, 3.05) is 13.8 Å². The Morgan fingerprint density at radius 1 is 1.29 bits per heavy atom. The van der Waals surface area contributed by atoms with Crippen LogP contribution in [0.3, 0.4) is 0 Å². The molecule has 0 bridgehead atoms. The lowest BCUT2D eigenvalue weighted by Crippen LogP contribution is -2.24. The maximum atomic E-state index is 12.4. The van der Waals surface area contributed by atoms with Crippen molar-refractivity contribution >= 4 is 23.6 Å². The number of rotatable bonds is 5. The Hall–Kier alpha value is -3.25. The van der Waals surface area contributed by atoms with Gasteiger partial charge in [0, 0.05) is 13.1 Å². The molecule has 0 saturated carbocycles. The molecule has 1 N–H and O–H groups in total. The molecule has 1 aliphatic rings. The molecule has 0 atom stereocenters. The third-order valence-electron chi connectivity index (χ3n) is 4.34. The van der Waals surface area contributed by atoms with Crippen molar-refractivity contribution in [1.29, 1.82) is 0 Å². The van der Waals surface area contributed by atoms with Gasteiger partial charge in [-0.2, -0.15) is 0 Å². The van der Waals surface area contributed by atoms with Gasteiger partial charge in [0.15, 0.2) is 11.5 Å². The van der Waals surface area contributed by atoms with Crippen molar-refractivity contribution in [1.82, 2.24) is 14.9 Å². The van der Waals surface area contributed by atoms with Crippen molar-refractivity contribution in [3.63, 3.8) is 0 Å². The van der Waals surface area contributed by atoms with Gasteiger partial charge < -0.3 is 19.4 Å². The van der Waals surface area contributed by atoms with Crippen LogP contribution in [0.5, 0.6) is 11.5 Å². The van der Waals surface area contributed by atoms with Gasteiger partial charge in [0.25, 0.3) is 0 Å². The number of carbonyl (C=O) groups excluding carboxylic acids is 1. The molecule has 4 rings (SSSR count). The number of nitrogens with one attached hydrogen (secondary N) is 1. The lowest BCUT2D eigenvalue weighted by atomic mass is 10.2. The number of nitrogens with zero attached hydrogens (tertiary/aromatic N) is 2. The molecule has 1 aliphatic heterocycles. The summed E-state index contributed by atoms with van der Waals surface area (Å²) in [5.41, 5.74) is 2.73. The van der Waals surface area contributed by atoms with Crippen LogP contribution < -0.4 is 9.47 Å². The van der Waals surface area contributed by atoms with Gasteiger partial charge in [-0.3, -0.25) is 4.79 Å². The average molecular weight is 396 g/mol. The molecular formula is C21H18ClN3O3. The van der Waals surface area contributed by atoms with Gasteiger partial charge in [-0.05, 0) is 29.3 Å². The van der Waals surface area contributed by atoms with Gasteiger partial charge in [0.05, 0.1) is 23.5 Å². The van der Waals surface area contributed by atoms with E-state index >= 15 is 0 Å². The highest BCUT2D eigenvalue weighted by Gasteiger charge is 2.17. The van der Waals surface area contributed by atoms with E-state index in [1.165, 1.54) is 6.08 Å². The number of ether oxygens (including phenoxy) is 2. The topological polar surface area (TPSA) is 67.5 Å². The van der Waals surface area contributed by atoms with Gasteiger partial charge in [-0.1, -0.05) is 41.9 Å². The summed E-state index contributed by atoms with van der Waals surface area (Å²) in [6.45, 7) is 0.524. The number of carbonyl (C=O) groups is 1. The van der Waals surface area contributed by atoms with Crippen molar-refractivity contribution in [3.05, 3.63) is 71.1 Å². The number of H-pyrrole nitrogens is 1. The van der Waals surface area contributed by atoms with Gasteiger partial charge in [-0.25, -0.2) is 4.98 Å². The molecule has 0 radical (unpaired) electrons. The summed E-state index contributed by atoms with van der Waals surface area (Å²) >= 11 is 6.17. The quantitative estimate of drug-likeness (QED) is 0.659. The normalized spacial score (nSPS) is 12.5. The number of aromatic nitrogens is 2. The Kier molecular flexibility index (Phi) is 5.04. The molecule has 1 aromatic heterocycles. The van der Waals surface area contributed by atoms with Crippen molar-refractivity contribution in [2.45, 2.75) is 6.54 Å². The maximum Gasteiger partial charge on any atom is 0.246 e. The molecule has 7 heteroatoms. The summed E-state index contributed by atoms with van der Waals surface area (Å²) in [4.78, 5) is 21.6. The van der Waals surface area contributed by atoms with Crippen molar-refractivity contribution in [2.24, 2.45) is 0 Å². The van der Waals surface area contributed by atoms with Crippen LogP contribution in [0.4, 0.5) is 0 Å². The van der Waals surface area contributed by atoms with Crippen molar-refractivity contribution < 1.29 is 14.3 Å². The molecule has 2 aromatic carbocycles. The van der Waals surface area contributed by atoms with Crippen LogP contribution in [0.2, 0.25) is 5.02 Å². The fourth-order valence-corrected chi connectivity index (χ4v) is 3.16. The summed E-state index contributed by atoms with van der Waals surface area (Å²) in [5.74, 6) is 1.69. The minimum absolute atomic E-state index is 0.147. The van der Waals surface area contributed by atoms with Gasteiger partial charge in [0.1, 0.15) is 5.82 Å². The molecule has 6 nitrogen and oxygen atoms in total. The van der Waals surface area contributed by atoms with E-state index < -0.39 is 0 Å². The van der Waals surface area contributed by atoms with Crippen LogP contribution in [0, 0.1) is 0 Å². The lowest BCUT2D eigenvalue weighted by Gasteiger charge is -2.13. The second kappa shape index (κ2) is 7.78. The highest BCUT2D eigenvalue weighted by atomic mass is 35.5. The molecule has 0 aliphatic carbocycles. The summed E-state index contributed by atoms with van der Waals surface area (Å²) < 4.78 is 10.6. The Morgan fingerprint density at radius 3 is 2.93 bits per heavy atom. The van der Waals surface area contributed by atoms with Crippen molar-refractivity contribution in [3.8, 4) is 22.8 Å². The van der Waals surface area contributed by atoms with Gasteiger partial charge >= 0.3 is 0 Å². The Bertz CT molecular complexity index is 1030. The minimum atomic E-state index is -0.147. The standard InChI is InChI=1S/C21H18ClN3O3/c1-25(12-19-23-11-17(24-19)15-5-3-2-4-6-15)20(26)8-7-14-9-16(22)21-18(10-14)27-13-28-21/h2-11H,12-13H2,1H3,(H,23,24). The number of benzene rings is 2. The third kappa shape index (κ3) is 3.87. The first-order valence-electron chi connectivity index (χ1n) is 8.72. The zero-order chi connectivity index (χ0) is 19.5. The molecule has 1 amide bonds. The van der Waals surface area contributed by atoms with Crippen LogP contribution in [-0.4, -0.2) is 34.6 Å². The van der Waals surface area contributed by atoms with Gasteiger partial charge in [-0.15, -0.1) is 0 Å². The molecular weight excluding hydrogens is 378 g/mol. The molecule has 0 spiro atoms. The Balaban J connectivity index is 1.41. The number of likely N-dealkylation sites (N-methyl/N-ethyl adjacent to an activating group) is 1. The number of hydrogen-bond acceptors (Lipinski definition) is 4. The van der Waals surface area contributed by atoms with Crippen LogP contribution in [0.15, 0.2) is 54.7 Å². The third-order valence-corrected chi connectivity index (χ3v) is 4.63. The van der Waals surface area contributed by atoms with E-state index in [4.69, 9.17) is 21.1 Å². The smallest absolute Gasteiger partial charge is 0.246 e. The lowest BCUT2D eigenvalue weighted by molar-refractivity contribution is -0.125. The molecule has 0 fully saturated rings. The monoisotopic (exact) mass is 395 g/mol. The fourth-order valence-electron chi connectivity index (χ4n) is 2.89. The predicted octanol–water partition coefficient (Wildman–Crippen LogP) is 4.13. The predicted molar refractivity (Wildman–Crippen MR) is 107 cm³/mol. The molecule has 0 saturated heterocycles. The summed E-state index contributed by atoms with van der Waals surface area (Å²) in [5, 5.41) is 0.458. The molecule has 3 aromatic rings. The minimum Gasteiger partial charge on any atom is -0.454 e. The number of imidazole rings is 1. The van der Waals surface area contributed by atoms with E-state index in [1.807, 2.05) is 30.3 Å². The molecule has 28 heavy (non-hydrogen) atoms. The van der Waals surface area contributed by atoms with Crippen LogP contribution in [-0.2, 0) is 11.3 Å². The summed E-state index contributed by atoms with van der Waals surface area (Å²) in [7, 11) is 1.73. The SMILES string of the molecule is CN(Cc1ncc(-c2ccccc2)[nH]1)C(=O)C=Cc1cc(Cl)c2c(c1)OCO2. The van der Waals surface area contributed by atoms with Gasteiger partial charge in [0.2, 0.25) is 12.7 Å². The maximum absolute atomic E-state index is 12.4. The number of halogens is 1. The molecule has 0 unspecified atom stereocenters. The van der Waals surface area contributed by atoms with Crippen LogP contribution in [0.1, 0.15) is 11.4 Å². The largest absolute Gasteiger partial charge is 0.454 e. The molecule has 2 heterocycles.